The number of nitrogens with zero attached hydrogens (tertiary/aromatic N) is 2. The highest BCUT2D eigenvalue weighted by atomic mass is 32.2. The fourth-order valence-corrected chi connectivity index (χ4v) is 11.1. The summed E-state index contributed by atoms with van der Waals surface area (Å²) in [5, 5.41) is 5.01. The lowest BCUT2D eigenvalue weighted by atomic mass is 9.66. The van der Waals surface area contributed by atoms with Crippen molar-refractivity contribution in [3.05, 3.63) is 210 Å². The predicted molar refractivity (Wildman–Crippen MR) is 229 cm³/mol. The lowest BCUT2D eigenvalue weighted by molar-refractivity contribution is 0.714. The first-order chi connectivity index (χ1) is 27.3. The van der Waals surface area contributed by atoms with E-state index in [0.29, 0.717) is 0 Å². The third-order valence-corrected chi connectivity index (χ3v) is 13.3. The summed E-state index contributed by atoms with van der Waals surface area (Å²) in [5.74, 6) is 0.914. The summed E-state index contributed by atoms with van der Waals surface area (Å²) < 4.78 is 2.45. The van der Waals surface area contributed by atoms with Crippen LogP contribution >= 0.6 is 11.8 Å². The summed E-state index contributed by atoms with van der Waals surface area (Å²) in [6.45, 7) is 0. The Hall–Kier alpha value is -6.42. The summed E-state index contributed by atoms with van der Waals surface area (Å²) in [5.41, 5.74) is 14.7. The molecule has 3 heterocycles. The zero-order chi connectivity index (χ0) is 36.1. The van der Waals surface area contributed by atoms with E-state index in [2.05, 4.69) is 187 Å². The van der Waals surface area contributed by atoms with Crippen LogP contribution in [0.15, 0.2) is 197 Å². The van der Waals surface area contributed by atoms with E-state index >= 15 is 0 Å². The van der Waals surface area contributed by atoms with Gasteiger partial charge in [-0.25, -0.2) is 4.98 Å². The van der Waals surface area contributed by atoms with Crippen molar-refractivity contribution in [2.24, 2.45) is 0 Å². The van der Waals surface area contributed by atoms with E-state index in [-0.39, 0.29) is 0 Å². The average molecular weight is 719 g/mol. The maximum Gasteiger partial charge on any atom is 0.138 e. The van der Waals surface area contributed by atoms with E-state index in [4.69, 9.17) is 4.98 Å². The van der Waals surface area contributed by atoms with E-state index in [1.807, 2.05) is 11.8 Å². The second kappa shape index (κ2) is 11.8. The Morgan fingerprint density at radius 2 is 1.29 bits per heavy atom. The molecule has 2 nitrogen and oxygen atoms in total. The molecule has 0 amide bonds. The summed E-state index contributed by atoms with van der Waals surface area (Å²) in [4.78, 5) is 8.17. The Morgan fingerprint density at radius 3 is 2.16 bits per heavy atom. The third-order valence-electron chi connectivity index (χ3n) is 12.1. The number of hydrogen-bond acceptors (Lipinski definition) is 2. The first kappa shape index (κ1) is 31.0. The molecule has 258 valence electrons. The lowest BCUT2D eigenvalue weighted by Gasteiger charge is -2.41. The van der Waals surface area contributed by atoms with Crippen LogP contribution in [0, 0.1) is 0 Å². The number of hydrogen-bond donors (Lipinski definition) is 0. The molecule has 3 aliphatic rings. The van der Waals surface area contributed by atoms with E-state index in [0.717, 1.165) is 41.0 Å². The second-order valence-electron chi connectivity index (χ2n) is 14.9. The molecule has 0 saturated carbocycles. The topological polar surface area (TPSA) is 17.8 Å². The number of allylic oxidation sites excluding steroid dienone is 4. The summed E-state index contributed by atoms with van der Waals surface area (Å²) in [6, 6.07) is 62.6. The van der Waals surface area contributed by atoms with Crippen LogP contribution in [-0.2, 0) is 5.41 Å². The van der Waals surface area contributed by atoms with Crippen LogP contribution in [0.3, 0.4) is 0 Å². The van der Waals surface area contributed by atoms with Gasteiger partial charge in [0.25, 0.3) is 0 Å². The van der Waals surface area contributed by atoms with Crippen molar-refractivity contribution in [2.45, 2.75) is 28.0 Å². The van der Waals surface area contributed by atoms with Gasteiger partial charge in [-0.3, -0.25) is 4.57 Å². The van der Waals surface area contributed by atoms with Crippen LogP contribution in [0.25, 0.3) is 66.4 Å². The minimum atomic E-state index is -0.425. The van der Waals surface area contributed by atoms with Gasteiger partial charge in [0.05, 0.1) is 22.1 Å². The Morgan fingerprint density at radius 1 is 0.545 bits per heavy atom. The van der Waals surface area contributed by atoms with Gasteiger partial charge < -0.3 is 0 Å². The number of benzene rings is 7. The first-order valence-corrected chi connectivity index (χ1v) is 20.0. The monoisotopic (exact) mass is 718 g/mol. The van der Waals surface area contributed by atoms with Gasteiger partial charge in [0.2, 0.25) is 0 Å². The molecule has 9 aromatic rings. The Kier molecular flexibility index (Phi) is 6.64. The second-order valence-corrected chi connectivity index (χ2v) is 16.0. The van der Waals surface area contributed by atoms with Crippen molar-refractivity contribution in [3.63, 3.8) is 0 Å². The van der Waals surface area contributed by atoms with Crippen LogP contribution in [0.4, 0.5) is 0 Å². The maximum absolute atomic E-state index is 5.53. The molecule has 0 fully saturated rings. The standard InChI is InChI=1S/C52H34N2S/c1-3-15-33(16-4-1)36-29-45(35-18-5-2-6-19-35)53-50(30-36)54-46-28-27-34-17-7-8-20-37(34)51(46)40-31-49-44(32-47(40)54)52(43-25-13-14-26-48(43)55-49)41-23-11-9-21-38(41)39-22-10-12-24-42(39)52/h1-9,11-21,23-32H,10,22H2. The molecule has 0 saturated heterocycles. The zero-order valence-corrected chi connectivity index (χ0v) is 30.9. The van der Waals surface area contributed by atoms with E-state index in [1.54, 1.807) is 0 Å². The molecular weight excluding hydrogens is 685 g/mol. The van der Waals surface area contributed by atoms with Gasteiger partial charge in [-0.05, 0) is 105 Å². The van der Waals surface area contributed by atoms with Gasteiger partial charge in [0, 0.05) is 26.1 Å². The minimum Gasteiger partial charge on any atom is -0.294 e. The van der Waals surface area contributed by atoms with Gasteiger partial charge in [0.15, 0.2) is 0 Å². The molecule has 1 unspecified atom stereocenters. The molecule has 2 aliphatic carbocycles. The molecule has 7 aromatic carbocycles. The minimum absolute atomic E-state index is 0.425. The largest absolute Gasteiger partial charge is 0.294 e. The van der Waals surface area contributed by atoms with Gasteiger partial charge in [-0.2, -0.15) is 0 Å². The molecule has 0 N–H and O–H groups in total. The van der Waals surface area contributed by atoms with Crippen LogP contribution in [0.5, 0.6) is 0 Å². The Balaban J connectivity index is 1.24. The number of aromatic nitrogens is 2. The normalized spacial score (nSPS) is 16.8. The lowest BCUT2D eigenvalue weighted by Crippen LogP contribution is -2.33. The highest BCUT2D eigenvalue weighted by Crippen LogP contribution is 2.63. The summed E-state index contributed by atoms with van der Waals surface area (Å²) >= 11 is 1.92. The van der Waals surface area contributed by atoms with Crippen molar-refractivity contribution in [2.75, 3.05) is 0 Å². The van der Waals surface area contributed by atoms with Gasteiger partial charge in [0.1, 0.15) is 5.82 Å². The van der Waals surface area contributed by atoms with Crippen LogP contribution in [0.2, 0.25) is 0 Å². The summed E-state index contributed by atoms with van der Waals surface area (Å²) in [7, 11) is 0. The van der Waals surface area contributed by atoms with Gasteiger partial charge in [-0.15, -0.1) is 0 Å². The van der Waals surface area contributed by atoms with Crippen molar-refractivity contribution in [1.82, 2.24) is 9.55 Å². The highest BCUT2D eigenvalue weighted by Gasteiger charge is 2.51. The van der Waals surface area contributed by atoms with Gasteiger partial charge >= 0.3 is 0 Å². The molecule has 1 aliphatic heterocycles. The SMILES string of the molecule is C1=CC2=C(CC1)c1ccccc1C21c2ccccc2Sc2cc3c4c5ccccc5ccc4n(-c4cc(-c5ccccc5)cc(-c5ccccc5)n4)c3cc21. The molecule has 0 radical (unpaired) electrons. The number of rotatable bonds is 3. The van der Waals surface area contributed by atoms with E-state index in [9.17, 15) is 0 Å². The smallest absolute Gasteiger partial charge is 0.138 e. The van der Waals surface area contributed by atoms with Crippen molar-refractivity contribution < 1.29 is 0 Å². The molecule has 12 rings (SSSR count). The number of pyridine rings is 1. The third kappa shape index (κ3) is 4.36. The van der Waals surface area contributed by atoms with Crippen LogP contribution < -0.4 is 0 Å². The maximum atomic E-state index is 5.53. The average Bonchev–Trinajstić information content (AvgIpc) is 3.74. The molecule has 1 spiro atoms. The molecule has 2 aromatic heterocycles. The highest BCUT2D eigenvalue weighted by molar-refractivity contribution is 7.99. The van der Waals surface area contributed by atoms with Crippen molar-refractivity contribution in [3.8, 4) is 28.2 Å². The van der Waals surface area contributed by atoms with Crippen LogP contribution in [-0.4, -0.2) is 9.55 Å². The molecule has 3 heteroatoms. The van der Waals surface area contributed by atoms with Gasteiger partial charge in [-0.1, -0.05) is 157 Å². The summed E-state index contributed by atoms with van der Waals surface area (Å²) in [6.07, 6.45) is 6.96. The fourth-order valence-electron chi connectivity index (χ4n) is 9.84. The molecule has 1 atom stereocenters. The fraction of sp³-hybridized carbons (Fsp3) is 0.0577. The Bertz CT molecular complexity index is 3060. The van der Waals surface area contributed by atoms with Crippen LogP contribution in [0.1, 0.15) is 35.1 Å². The number of fused-ring (bicyclic) bond motifs is 13. The molecule has 0 bridgehead atoms. The zero-order valence-electron chi connectivity index (χ0n) is 30.0. The first-order valence-electron chi connectivity index (χ1n) is 19.2. The molecule has 55 heavy (non-hydrogen) atoms. The van der Waals surface area contributed by atoms with E-state index < -0.39 is 5.41 Å². The van der Waals surface area contributed by atoms with Crippen molar-refractivity contribution >= 4 is 49.9 Å². The van der Waals surface area contributed by atoms with Crippen molar-refractivity contribution in [1.29, 1.82) is 0 Å². The quantitative estimate of drug-likeness (QED) is 0.181. The molecular formula is C52H34N2S. The Labute approximate surface area is 324 Å². The van der Waals surface area contributed by atoms with E-state index in [1.165, 1.54) is 75.8 Å². The predicted octanol–water partition coefficient (Wildman–Crippen LogP) is 13.6.